The van der Waals surface area contributed by atoms with Crippen LogP contribution < -0.4 is 5.19 Å². The summed E-state index contributed by atoms with van der Waals surface area (Å²) < 4.78 is 6.25. The van der Waals surface area contributed by atoms with Gasteiger partial charge in [-0.15, -0.1) is 53.1 Å². The summed E-state index contributed by atoms with van der Waals surface area (Å²) >= 11 is 0. The van der Waals surface area contributed by atoms with Gasteiger partial charge in [0.1, 0.15) is 5.58 Å². The number of furan rings is 1. The maximum absolute atomic E-state index is 6.25. The van der Waals surface area contributed by atoms with Crippen molar-refractivity contribution in [2.45, 2.75) is 33.0 Å². The quantitative estimate of drug-likeness (QED) is 0.124. The molecular weight excluding hydrogens is 805 g/mol. The van der Waals surface area contributed by atoms with Gasteiger partial charge in [0.2, 0.25) is 0 Å². The van der Waals surface area contributed by atoms with E-state index >= 15 is 0 Å². The number of benzene rings is 5. The van der Waals surface area contributed by atoms with Crippen LogP contribution in [0.4, 0.5) is 0 Å². The van der Waals surface area contributed by atoms with Gasteiger partial charge in [-0.05, 0) is 46.3 Å². The Morgan fingerprint density at radius 3 is 2.12 bits per heavy atom. The maximum atomic E-state index is 6.25. The van der Waals surface area contributed by atoms with Gasteiger partial charge in [-0.1, -0.05) is 140 Å². The predicted octanol–water partition coefficient (Wildman–Crippen LogP) is 11.1. The molecule has 0 fully saturated rings. The second-order valence-corrected chi connectivity index (χ2v) is 18.4. The molecule has 0 aliphatic heterocycles. The van der Waals surface area contributed by atoms with Gasteiger partial charge in [-0.3, -0.25) is 0 Å². The summed E-state index contributed by atoms with van der Waals surface area (Å²) in [6.07, 6.45) is 4.73. The summed E-state index contributed by atoms with van der Waals surface area (Å²) in [4.78, 5) is 9.23. The van der Waals surface area contributed by atoms with E-state index in [0.29, 0.717) is 0 Å². The second kappa shape index (κ2) is 15.3. The van der Waals surface area contributed by atoms with Crippen molar-refractivity contribution in [2.75, 3.05) is 0 Å². The smallest absolute Gasteiger partial charge is 0.120 e. The third-order valence-corrected chi connectivity index (χ3v) is 10.7. The molecule has 8 rings (SSSR count). The predicted molar refractivity (Wildman–Crippen MR) is 207 cm³/mol. The fraction of sp³-hybridized carbons (Fsp3) is 0.111. The Hall–Kier alpha value is -4.93. The van der Waals surface area contributed by atoms with E-state index in [1.807, 2.05) is 42.5 Å². The maximum Gasteiger partial charge on any atom is 0.120 e. The second-order valence-electron chi connectivity index (χ2n) is 13.4. The standard InChI is InChI=1S/C24H16NO.C21H22NSi.Ir/c1-2-8-17(9-3-1)16-18-13-14-19(21-11-6-7-15-25-21)24-23(18)20-10-4-5-12-22(20)26-24;1-16-10-12-18(13-11-16)20-14-19(17-8-6-5-7-9-17)21(15-22-20)23(2,3)4;/h1-13,15H,16H2;5-12,14-15H,1-4H3;/q2*-1;. The molecule has 5 aromatic carbocycles. The van der Waals surface area contributed by atoms with Crippen LogP contribution in [-0.4, -0.2) is 18.0 Å². The molecule has 8 aromatic rings. The summed E-state index contributed by atoms with van der Waals surface area (Å²) in [5.41, 5.74) is 11.9. The molecule has 50 heavy (non-hydrogen) atoms. The average Bonchev–Trinajstić information content (AvgIpc) is 3.53. The van der Waals surface area contributed by atoms with Gasteiger partial charge in [0.15, 0.2) is 0 Å². The number of aryl methyl sites for hydroxylation is 1. The molecule has 0 aliphatic rings. The zero-order valence-corrected chi connectivity index (χ0v) is 32.1. The molecule has 0 saturated heterocycles. The Morgan fingerprint density at radius 1 is 0.700 bits per heavy atom. The summed E-state index contributed by atoms with van der Waals surface area (Å²) in [6.45, 7) is 9.19. The Morgan fingerprint density at radius 2 is 1.42 bits per heavy atom. The third kappa shape index (κ3) is 7.61. The fourth-order valence-electron chi connectivity index (χ4n) is 6.21. The van der Waals surface area contributed by atoms with Crippen LogP contribution in [0.15, 0.2) is 150 Å². The zero-order chi connectivity index (χ0) is 33.8. The van der Waals surface area contributed by atoms with E-state index in [-0.39, 0.29) is 20.1 Å². The van der Waals surface area contributed by atoms with Crippen LogP contribution in [-0.2, 0) is 26.5 Å². The molecule has 5 heteroatoms. The van der Waals surface area contributed by atoms with Crippen molar-refractivity contribution in [3.05, 3.63) is 175 Å². The van der Waals surface area contributed by atoms with E-state index in [1.165, 1.54) is 33.0 Å². The molecule has 3 nitrogen and oxygen atoms in total. The number of pyridine rings is 2. The number of hydrogen-bond donors (Lipinski definition) is 0. The number of aromatic nitrogens is 2. The summed E-state index contributed by atoms with van der Waals surface area (Å²) in [5.74, 6) is 0. The number of para-hydroxylation sites is 1. The minimum atomic E-state index is -1.47. The minimum Gasteiger partial charge on any atom is -0.501 e. The Bertz CT molecular complexity index is 2330. The molecular formula is C45H38IrN2OSi-2. The number of nitrogens with zero attached hydrogens (tertiary/aromatic N) is 2. The third-order valence-electron chi connectivity index (χ3n) is 8.73. The van der Waals surface area contributed by atoms with Crippen LogP contribution in [0.5, 0.6) is 0 Å². The molecule has 0 aliphatic carbocycles. The van der Waals surface area contributed by atoms with Crippen molar-refractivity contribution in [1.82, 2.24) is 9.97 Å². The molecule has 0 bridgehead atoms. The van der Waals surface area contributed by atoms with E-state index in [2.05, 4.69) is 141 Å². The van der Waals surface area contributed by atoms with Crippen LogP contribution in [0.25, 0.3) is 55.6 Å². The Balaban J connectivity index is 0.000000171. The fourth-order valence-corrected chi connectivity index (χ4v) is 7.69. The summed E-state index contributed by atoms with van der Waals surface area (Å²) in [7, 11) is -1.47. The van der Waals surface area contributed by atoms with Gasteiger partial charge in [0, 0.05) is 37.9 Å². The van der Waals surface area contributed by atoms with E-state index in [1.54, 1.807) is 6.20 Å². The largest absolute Gasteiger partial charge is 0.501 e. The Kier molecular flexibility index (Phi) is 10.7. The van der Waals surface area contributed by atoms with Gasteiger partial charge in [0.25, 0.3) is 0 Å². The van der Waals surface area contributed by atoms with Gasteiger partial charge in [-0.25, -0.2) is 0 Å². The Labute approximate surface area is 309 Å². The van der Waals surface area contributed by atoms with Crippen LogP contribution >= 0.6 is 0 Å². The molecule has 0 unspecified atom stereocenters. The van der Waals surface area contributed by atoms with E-state index in [9.17, 15) is 0 Å². The first kappa shape index (κ1) is 34.9. The summed E-state index contributed by atoms with van der Waals surface area (Å²) in [5, 5.41) is 3.70. The summed E-state index contributed by atoms with van der Waals surface area (Å²) in [6, 6.07) is 52.5. The van der Waals surface area contributed by atoms with Crippen molar-refractivity contribution < 1.29 is 24.5 Å². The van der Waals surface area contributed by atoms with E-state index in [4.69, 9.17) is 9.40 Å². The first-order valence-electron chi connectivity index (χ1n) is 16.7. The number of hydrogen-bond acceptors (Lipinski definition) is 3. The van der Waals surface area contributed by atoms with Crippen molar-refractivity contribution in [3.63, 3.8) is 0 Å². The molecule has 0 saturated carbocycles. The molecule has 0 amide bonds. The van der Waals surface area contributed by atoms with Gasteiger partial charge < -0.3 is 14.4 Å². The number of rotatable bonds is 6. The SMILES string of the molecule is Cc1c[c-]c(-c2cc(-c3ccccc3)c([Si](C)(C)C)cn2)cc1.[Ir].[c-]1cc(Cc2ccccc2)c2c(oc3ccccc32)c1-c1ccccn1. The zero-order valence-electron chi connectivity index (χ0n) is 28.7. The van der Waals surface area contributed by atoms with Crippen molar-refractivity contribution in [3.8, 4) is 33.6 Å². The van der Waals surface area contributed by atoms with Crippen LogP contribution in [0, 0.1) is 19.1 Å². The van der Waals surface area contributed by atoms with Gasteiger partial charge in [0.05, 0.1) is 13.7 Å². The molecule has 1 radical (unpaired) electrons. The van der Waals surface area contributed by atoms with Crippen molar-refractivity contribution >= 4 is 35.2 Å². The van der Waals surface area contributed by atoms with Crippen molar-refractivity contribution in [1.29, 1.82) is 0 Å². The molecule has 249 valence electrons. The minimum absolute atomic E-state index is 0. The van der Waals surface area contributed by atoms with E-state index in [0.717, 1.165) is 50.9 Å². The molecule has 0 atom stereocenters. The van der Waals surface area contributed by atoms with Gasteiger partial charge >= 0.3 is 0 Å². The van der Waals surface area contributed by atoms with Crippen LogP contribution in [0.1, 0.15) is 16.7 Å². The molecule has 0 spiro atoms. The van der Waals surface area contributed by atoms with E-state index < -0.39 is 8.07 Å². The molecule has 3 heterocycles. The first-order chi connectivity index (χ1) is 23.8. The number of fused-ring (bicyclic) bond motifs is 3. The molecule has 3 aromatic heterocycles. The van der Waals surface area contributed by atoms with Crippen LogP contribution in [0.2, 0.25) is 19.6 Å². The monoisotopic (exact) mass is 843 g/mol. The van der Waals surface area contributed by atoms with Crippen molar-refractivity contribution in [2.24, 2.45) is 0 Å². The topological polar surface area (TPSA) is 38.9 Å². The first-order valence-corrected chi connectivity index (χ1v) is 20.2. The van der Waals surface area contributed by atoms with Crippen LogP contribution in [0.3, 0.4) is 0 Å². The average molecular weight is 843 g/mol. The normalized spacial score (nSPS) is 11.1. The van der Waals surface area contributed by atoms with Gasteiger partial charge in [-0.2, -0.15) is 0 Å². The molecule has 0 N–H and O–H groups in total.